The third kappa shape index (κ3) is 6.47. The molecule has 0 fully saturated rings. The molecule has 3 aromatic carbocycles. The molecule has 0 spiro atoms. The van der Waals surface area contributed by atoms with Crippen molar-refractivity contribution in [2.45, 2.75) is 24.5 Å². The van der Waals surface area contributed by atoms with E-state index in [1.165, 1.54) is 4.31 Å². The average Bonchev–Trinajstić information content (AvgIpc) is 2.91. The fraction of sp³-hybridized carbons (Fsp3) is 0.179. The Kier molecular flexibility index (Phi) is 8.13. The van der Waals surface area contributed by atoms with Crippen LogP contribution in [0, 0.1) is 0 Å². The summed E-state index contributed by atoms with van der Waals surface area (Å²) in [6.45, 7) is 0.949. The number of rotatable bonds is 11. The highest BCUT2D eigenvalue weighted by molar-refractivity contribution is 7.89. The van der Waals surface area contributed by atoms with Crippen LogP contribution in [0.1, 0.15) is 16.7 Å². The van der Waals surface area contributed by atoms with Gasteiger partial charge in [0.05, 0.1) is 12.0 Å². The Morgan fingerprint density at radius 1 is 0.771 bits per heavy atom. The van der Waals surface area contributed by atoms with Gasteiger partial charge in [-0.25, -0.2) is 8.42 Å². The van der Waals surface area contributed by atoms with Gasteiger partial charge >= 0.3 is 0 Å². The van der Waals surface area contributed by atoms with Crippen LogP contribution in [0.3, 0.4) is 0 Å². The molecule has 1 aromatic heterocycles. The van der Waals surface area contributed by atoms with Crippen molar-refractivity contribution in [3.05, 3.63) is 120 Å². The van der Waals surface area contributed by atoms with Gasteiger partial charge in [0.15, 0.2) is 11.5 Å². The van der Waals surface area contributed by atoms with E-state index in [2.05, 4.69) is 4.98 Å². The number of hydrogen-bond donors (Lipinski definition) is 0. The van der Waals surface area contributed by atoms with Gasteiger partial charge in [0, 0.05) is 25.5 Å². The number of benzene rings is 3. The Labute approximate surface area is 206 Å². The molecule has 0 radical (unpaired) electrons. The lowest BCUT2D eigenvalue weighted by Crippen LogP contribution is -2.32. The van der Waals surface area contributed by atoms with Crippen LogP contribution in [0.25, 0.3) is 0 Å². The summed E-state index contributed by atoms with van der Waals surface area (Å²) in [4.78, 5) is 4.31. The molecule has 0 unspecified atom stereocenters. The molecule has 35 heavy (non-hydrogen) atoms. The molecule has 0 aliphatic rings. The molecule has 0 atom stereocenters. The molecule has 6 nitrogen and oxygen atoms in total. The molecule has 4 aromatic rings. The van der Waals surface area contributed by atoms with Crippen LogP contribution in [0.15, 0.2) is 108 Å². The highest BCUT2D eigenvalue weighted by Crippen LogP contribution is 2.30. The lowest BCUT2D eigenvalue weighted by molar-refractivity contribution is 0.284. The van der Waals surface area contributed by atoms with Crippen LogP contribution in [0.2, 0.25) is 0 Å². The predicted molar refractivity (Wildman–Crippen MR) is 136 cm³/mol. The van der Waals surface area contributed by atoms with Gasteiger partial charge in [0.2, 0.25) is 10.0 Å². The third-order valence-corrected chi connectivity index (χ3v) is 7.46. The molecule has 0 saturated carbocycles. The first-order chi connectivity index (χ1) is 17.1. The highest BCUT2D eigenvalue weighted by Gasteiger charge is 2.25. The Morgan fingerprint density at radius 2 is 1.46 bits per heavy atom. The molecule has 0 saturated heterocycles. The Bertz CT molecular complexity index is 1320. The van der Waals surface area contributed by atoms with Gasteiger partial charge in [-0.05, 0) is 59.5 Å². The minimum Gasteiger partial charge on any atom is -0.493 e. The first kappa shape index (κ1) is 24.4. The topological polar surface area (TPSA) is 68.7 Å². The zero-order valence-electron chi connectivity index (χ0n) is 19.6. The number of sulfonamides is 1. The van der Waals surface area contributed by atoms with E-state index in [9.17, 15) is 8.42 Å². The minimum absolute atomic E-state index is 0.206. The molecular formula is C28H28N2O4S. The van der Waals surface area contributed by atoms with Gasteiger partial charge in [0.1, 0.15) is 6.61 Å². The van der Waals surface area contributed by atoms with Crippen LogP contribution in [0.4, 0.5) is 0 Å². The lowest BCUT2D eigenvalue weighted by Gasteiger charge is -2.23. The van der Waals surface area contributed by atoms with Gasteiger partial charge in [-0.15, -0.1) is 0 Å². The van der Waals surface area contributed by atoms with Crippen molar-refractivity contribution >= 4 is 10.0 Å². The highest BCUT2D eigenvalue weighted by atomic mass is 32.2. The van der Waals surface area contributed by atoms with Crippen molar-refractivity contribution in [3.63, 3.8) is 0 Å². The van der Waals surface area contributed by atoms with Crippen LogP contribution in [0.5, 0.6) is 11.5 Å². The predicted octanol–water partition coefficient (Wildman–Crippen LogP) is 5.10. The summed E-state index contributed by atoms with van der Waals surface area (Å²) < 4.78 is 40.0. The van der Waals surface area contributed by atoms with Crippen molar-refractivity contribution in [1.29, 1.82) is 0 Å². The van der Waals surface area contributed by atoms with E-state index in [1.807, 2.05) is 60.7 Å². The van der Waals surface area contributed by atoms with Crippen LogP contribution in [-0.4, -0.2) is 31.4 Å². The van der Waals surface area contributed by atoms with E-state index in [1.54, 1.807) is 49.8 Å². The largest absolute Gasteiger partial charge is 0.493 e. The molecule has 0 amide bonds. The fourth-order valence-corrected chi connectivity index (χ4v) is 5.15. The summed E-state index contributed by atoms with van der Waals surface area (Å²) in [5.74, 6) is 1.17. The smallest absolute Gasteiger partial charge is 0.243 e. The average molecular weight is 489 g/mol. The SMILES string of the molecule is COc1cc(CN(CCc2ccncc2)S(=O)(=O)c2ccccc2)ccc1OCc1ccccc1. The second kappa shape index (κ2) is 11.6. The van der Waals surface area contributed by atoms with Crippen LogP contribution >= 0.6 is 0 Å². The molecule has 4 rings (SSSR count). The summed E-state index contributed by atoms with van der Waals surface area (Å²) in [5, 5.41) is 0. The van der Waals surface area contributed by atoms with E-state index >= 15 is 0 Å². The van der Waals surface area contributed by atoms with E-state index in [-0.39, 0.29) is 11.4 Å². The summed E-state index contributed by atoms with van der Waals surface area (Å²) in [6.07, 6.45) is 4.00. The second-order valence-corrected chi connectivity index (χ2v) is 9.95. The monoisotopic (exact) mass is 488 g/mol. The van der Waals surface area contributed by atoms with Gasteiger partial charge in [-0.2, -0.15) is 4.31 Å². The Morgan fingerprint density at radius 3 is 2.14 bits per heavy atom. The fourth-order valence-electron chi connectivity index (χ4n) is 3.70. The summed E-state index contributed by atoms with van der Waals surface area (Å²) in [6, 6.07) is 27.7. The molecule has 7 heteroatoms. The molecule has 180 valence electrons. The van der Waals surface area contributed by atoms with Gasteiger partial charge in [-0.1, -0.05) is 54.6 Å². The van der Waals surface area contributed by atoms with Crippen molar-refractivity contribution in [2.75, 3.05) is 13.7 Å². The number of pyridine rings is 1. The summed E-state index contributed by atoms with van der Waals surface area (Å²) in [7, 11) is -2.12. The van der Waals surface area contributed by atoms with Crippen molar-refractivity contribution in [3.8, 4) is 11.5 Å². The lowest BCUT2D eigenvalue weighted by atomic mass is 10.1. The molecule has 0 aliphatic carbocycles. The van der Waals surface area contributed by atoms with E-state index in [0.29, 0.717) is 31.1 Å². The maximum Gasteiger partial charge on any atom is 0.243 e. The second-order valence-electron chi connectivity index (χ2n) is 8.02. The van der Waals surface area contributed by atoms with E-state index in [4.69, 9.17) is 9.47 Å². The first-order valence-electron chi connectivity index (χ1n) is 11.3. The van der Waals surface area contributed by atoms with Crippen molar-refractivity contribution in [1.82, 2.24) is 9.29 Å². The number of hydrogen-bond acceptors (Lipinski definition) is 5. The van der Waals surface area contributed by atoms with Gasteiger partial charge in [0.25, 0.3) is 0 Å². The van der Waals surface area contributed by atoms with E-state index < -0.39 is 10.0 Å². The molecule has 0 aliphatic heterocycles. The molecule has 1 heterocycles. The van der Waals surface area contributed by atoms with Gasteiger partial charge < -0.3 is 9.47 Å². The maximum atomic E-state index is 13.5. The number of aromatic nitrogens is 1. The normalized spacial score (nSPS) is 11.4. The zero-order chi connectivity index (χ0) is 24.5. The summed E-state index contributed by atoms with van der Waals surface area (Å²) >= 11 is 0. The molecule has 0 bridgehead atoms. The van der Waals surface area contributed by atoms with Crippen LogP contribution < -0.4 is 9.47 Å². The van der Waals surface area contributed by atoms with E-state index in [0.717, 1.165) is 16.7 Å². The number of methoxy groups -OCH3 is 1. The summed E-state index contributed by atoms with van der Waals surface area (Å²) in [5.41, 5.74) is 2.88. The zero-order valence-corrected chi connectivity index (χ0v) is 20.4. The Hall–Kier alpha value is -3.68. The first-order valence-corrected chi connectivity index (χ1v) is 12.8. The van der Waals surface area contributed by atoms with Crippen molar-refractivity contribution in [2.24, 2.45) is 0 Å². The quantitative estimate of drug-likeness (QED) is 0.294. The Balaban J connectivity index is 1.55. The third-order valence-electron chi connectivity index (χ3n) is 5.60. The van der Waals surface area contributed by atoms with Crippen molar-refractivity contribution < 1.29 is 17.9 Å². The minimum atomic E-state index is -3.70. The molecular weight excluding hydrogens is 460 g/mol. The number of ether oxygens (including phenoxy) is 2. The standard InChI is InChI=1S/C28H28N2O4S/c1-33-28-20-25(12-13-27(28)34-22-24-8-4-2-5-9-24)21-30(19-16-23-14-17-29-18-15-23)35(31,32)26-10-6-3-7-11-26/h2-15,17-18,20H,16,19,21-22H2,1H3. The molecule has 0 N–H and O–H groups in total. The van der Waals surface area contributed by atoms with Crippen LogP contribution in [-0.2, 0) is 29.6 Å². The number of nitrogens with zero attached hydrogens (tertiary/aromatic N) is 2. The maximum absolute atomic E-state index is 13.5. The van der Waals surface area contributed by atoms with Gasteiger partial charge in [-0.3, -0.25) is 4.98 Å².